The lowest BCUT2D eigenvalue weighted by molar-refractivity contribution is 0.0977. The summed E-state index contributed by atoms with van der Waals surface area (Å²) in [6.45, 7) is 6.54. The molecule has 1 amide bonds. The van der Waals surface area contributed by atoms with Crippen molar-refractivity contribution in [2.45, 2.75) is 33.3 Å². The predicted molar refractivity (Wildman–Crippen MR) is 108 cm³/mol. The van der Waals surface area contributed by atoms with Crippen LogP contribution in [0, 0.1) is 0 Å². The Bertz CT molecular complexity index is 747. The highest BCUT2D eigenvalue weighted by molar-refractivity contribution is 7.80. The number of carbonyl (C=O) groups is 1. The first-order valence-electron chi connectivity index (χ1n) is 8.63. The number of ether oxygens (including phenoxy) is 2. The Labute approximate surface area is 159 Å². The Balaban J connectivity index is 1.91. The number of carbonyl (C=O) groups excluding carboxylic acids is 1. The average molecular weight is 372 g/mol. The van der Waals surface area contributed by atoms with Crippen LogP contribution < -0.4 is 20.1 Å². The molecule has 2 N–H and O–H groups in total. The minimum Gasteiger partial charge on any atom is -0.494 e. The molecule has 26 heavy (non-hydrogen) atoms. The van der Waals surface area contributed by atoms with Crippen LogP contribution in [0.5, 0.6) is 11.5 Å². The molecule has 138 valence electrons. The largest absolute Gasteiger partial charge is 0.494 e. The SMILES string of the molecule is CCOc1cccc(C(=O)NC(=S)Nc2ccc(OC(C)CC)cc2)c1. The molecule has 0 aliphatic heterocycles. The number of thiocarbonyl (C=S) groups is 1. The van der Waals surface area contributed by atoms with Crippen LogP contribution in [-0.4, -0.2) is 23.7 Å². The van der Waals surface area contributed by atoms with Crippen LogP contribution in [0.4, 0.5) is 5.69 Å². The molecule has 0 aliphatic rings. The normalized spacial score (nSPS) is 11.3. The van der Waals surface area contributed by atoms with Crippen molar-refractivity contribution in [2.75, 3.05) is 11.9 Å². The second-order valence-electron chi connectivity index (χ2n) is 5.73. The van der Waals surface area contributed by atoms with E-state index in [0.29, 0.717) is 17.9 Å². The van der Waals surface area contributed by atoms with Gasteiger partial charge in [0.2, 0.25) is 0 Å². The first-order valence-corrected chi connectivity index (χ1v) is 9.04. The summed E-state index contributed by atoms with van der Waals surface area (Å²) in [6, 6.07) is 14.4. The molecule has 0 aromatic heterocycles. The molecule has 0 fully saturated rings. The Kier molecular flexibility index (Phi) is 7.41. The smallest absolute Gasteiger partial charge is 0.257 e. The second kappa shape index (κ2) is 9.77. The lowest BCUT2D eigenvalue weighted by Gasteiger charge is -2.14. The summed E-state index contributed by atoms with van der Waals surface area (Å²) in [7, 11) is 0. The maximum Gasteiger partial charge on any atom is 0.257 e. The molecule has 6 heteroatoms. The van der Waals surface area contributed by atoms with Crippen molar-refractivity contribution >= 4 is 28.9 Å². The van der Waals surface area contributed by atoms with E-state index >= 15 is 0 Å². The van der Waals surface area contributed by atoms with Crippen LogP contribution in [-0.2, 0) is 0 Å². The number of hydrogen-bond donors (Lipinski definition) is 2. The van der Waals surface area contributed by atoms with E-state index in [1.54, 1.807) is 24.3 Å². The maximum atomic E-state index is 12.3. The van der Waals surface area contributed by atoms with Crippen molar-refractivity contribution in [3.8, 4) is 11.5 Å². The number of rotatable bonds is 7. The fraction of sp³-hybridized carbons (Fsp3) is 0.300. The molecule has 1 unspecified atom stereocenters. The van der Waals surface area contributed by atoms with Crippen LogP contribution in [0.1, 0.15) is 37.6 Å². The van der Waals surface area contributed by atoms with E-state index in [-0.39, 0.29) is 17.1 Å². The molecule has 2 rings (SSSR count). The maximum absolute atomic E-state index is 12.3. The third-order valence-corrected chi connectivity index (χ3v) is 3.86. The molecule has 0 saturated heterocycles. The van der Waals surface area contributed by atoms with Gasteiger partial charge in [-0.05, 0) is 75.0 Å². The first-order chi connectivity index (χ1) is 12.5. The molecule has 0 aliphatic carbocycles. The zero-order valence-electron chi connectivity index (χ0n) is 15.2. The second-order valence-corrected chi connectivity index (χ2v) is 6.14. The summed E-state index contributed by atoms with van der Waals surface area (Å²) in [4.78, 5) is 12.3. The number of hydrogen-bond acceptors (Lipinski definition) is 4. The molecular weight excluding hydrogens is 348 g/mol. The number of nitrogens with one attached hydrogen (secondary N) is 2. The van der Waals surface area contributed by atoms with Crippen molar-refractivity contribution in [1.82, 2.24) is 5.32 Å². The summed E-state index contributed by atoms with van der Waals surface area (Å²) in [6.07, 6.45) is 1.11. The highest BCUT2D eigenvalue weighted by atomic mass is 32.1. The van der Waals surface area contributed by atoms with Crippen LogP contribution in [0.3, 0.4) is 0 Å². The number of anilines is 1. The summed E-state index contributed by atoms with van der Waals surface area (Å²) < 4.78 is 11.1. The zero-order valence-corrected chi connectivity index (χ0v) is 16.1. The average Bonchev–Trinajstić information content (AvgIpc) is 2.63. The van der Waals surface area contributed by atoms with Gasteiger partial charge < -0.3 is 14.8 Å². The molecular formula is C20H24N2O3S. The minimum atomic E-state index is -0.291. The van der Waals surface area contributed by atoms with Crippen molar-refractivity contribution in [1.29, 1.82) is 0 Å². The van der Waals surface area contributed by atoms with Gasteiger partial charge in [0.25, 0.3) is 5.91 Å². The van der Waals surface area contributed by atoms with E-state index in [0.717, 1.165) is 17.9 Å². The van der Waals surface area contributed by atoms with Gasteiger partial charge in [0, 0.05) is 11.3 Å². The molecule has 2 aromatic rings. The van der Waals surface area contributed by atoms with Crippen molar-refractivity contribution in [2.24, 2.45) is 0 Å². The summed E-state index contributed by atoms with van der Waals surface area (Å²) in [5.74, 6) is 1.16. The molecule has 0 spiro atoms. The lowest BCUT2D eigenvalue weighted by Crippen LogP contribution is -2.34. The lowest BCUT2D eigenvalue weighted by atomic mass is 10.2. The van der Waals surface area contributed by atoms with Crippen molar-refractivity contribution in [3.05, 3.63) is 54.1 Å². The third kappa shape index (κ3) is 6.04. The third-order valence-electron chi connectivity index (χ3n) is 3.66. The van der Waals surface area contributed by atoms with Crippen LogP contribution >= 0.6 is 12.2 Å². The summed E-state index contributed by atoms with van der Waals surface area (Å²) >= 11 is 5.21. The van der Waals surface area contributed by atoms with Gasteiger partial charge in [-0.15, -0.1) is 0 Å². The highest BCUT2D eigenvalue weighted by Crippen LogP contribution is 2.18. The number of amides is 1. The van der Waals surface area contributed by atoms with Gasteiger partial charge in [-0.25, -0.2) is 0 Å². The standard InChI is InChI=1S/C20H24N2O3S/c1-4-14(3)25-17-11-9-16(10-12-17)21-20(26)22-19(23)15-7-6-8-18(13-15)24-5-2/h6-14H,4-5H2,1-3H3,(H2,21,22,23,26). The molecule has 2 aromatic carbocycles. The molecule has 0 saturated carbocycles. The summed E-state index contributed by atoms with van der Waals surface area (Å²) in [5.41, 5.74) is 1.26. The van der Waals surface area contributed by atoms with Crippen LogP contribution in [0.25, 0.3) is 0 Å². The van der Waals surface area contributed by atoms with E-state index in [9.17, 15) is 4.79 Å². The van der Waals surface area contributed by atoms with Gasteiger partial charge >= 0.3 is 0 Å². The van der Waals surface area contributed by atoms with Gasteiger partial charge in [0.15, 0.2) is 5.11 Å². The van der Waals surface area contributed by atoms with Gasteiger partial charge in [0.1, 0.15) is 11.5 Å². The Morgan fingerprint density at radius 1 is 1.12 bits per heavy atom. The van der Waals surface area contributed by atoms with Crippen molar-refractivity contribution < 1.29 is 14.3 Å². The van der Waals surface area contributed by atoms with Crippen molar-refractivity contribution in [3.63, 3.8) is 0 Å². The first kappa shape index (κ1) is 19.7. The van der Waals surface area contributed by atoms with Gasteiger partial charge in [0.05, 0.1) is 12.7 Å². The Hall–Kier alpha value is -2.60. The van der Waals surface area contributed by atoms with E-state index < -0.39 is 0 Å². The van der Waals surface area contributed by atoms with E-state index in [1.807, 2.05) is 38.1 Å². The van der Waals surface area contributed by atoms with Gasteiger partial charge in [-0.2, -0.15) is 0 Å². The van der Waals surface area contributed by atoms with Gasteiger partial charge in [-0.3, -0.25) is 10.1 Å². The number of benzene rings is 2. The summed E-state index contributed by atoms with van der Waals surface area (Å²) in [5, 5.41) is 5.88. The predicted octanol–water partition coefficient (Wildman–Crippen LogP) is 4.39. The van der Waals surface area contributed by atoms with E-state index in [2.05, 4.69) is 17.6 Å². The van der Waals surface area contributed by atoms with Crippen LogP contribution in [0.2, 0.25) is 0 Å². The molecule has 5 nitrogen and oxygen atoms in total. The monoisotopic (exact) mass is 372 g/mol. The van der Waals surface area contributed by atoms with E-state index in [4.69, 9.17) is 21.7 Å². The highest BCUT2D eigenvalue weighted by Gasteiger charge is 2.09. The van der Waals surface area contributed by atoms with Crippen LogP contribution in [0.15, 0.2) is 48.5 Å². The topological polar surface area (TPSA) is 59.6 Å². The fourth-order valence-corrected chi connectivity index (χ4v) is 2.37. The Morgan fingerprint density at radius 2 is 1.85 bits per heavy atom. The molecule has 1 atom stereocenters. The molecule has 0 heterocycles. The molecule has 0 radical (unpaired) electrons. The fourth-order valence-electron chi connectivity index (χ4n) is 2.16. The Morgan fingerprint density at radius 3 is 2.50 bits per heavy atom. The molecule has 0 bridgehead atoms. The quantitative estimate of drug-likeness (QED) is 0.706. The zero-order chi connectivity index (χ0) is 18.9. The minimum absolute atomic E-state index is 0.168. The van der Waals surface area contributed by atoms with Gasteiger partial charge in [-0.1, -0.05) is 13.0 Å². The van der Waals surface area contributed by atoms with E-state index in [1.165, 1.54) is 0 Å².